The first-order valence-electron chi connectivity index (χ1n) is 8.89. The molecule has 2 aromatic carbocycles. The second-order valence-electron chi connectivity index (χ2n) is 7.05. The van der Waals surface area contributed by atoms with E-state index in [4.69, 9.17) is 4.42 Å². The van der Waals surface area contributed by atoms with Crippen molar-refractivity contribution < 1.29 is 12.8 Å². The van der Waals surface area contributed by atoms with E-state index >= 15 is 0 Å². The molecule has 1 aliphatic rings. The molecule has 0 atom stereocenters. The molecule has 1 fully saturated rings. The van der Waals surface area contributed by atoms with Crippen LogP contribution in [0.4, 0.5) is 0 Å². The fourth-order valence-corrected chi connectivity index (χ4v) is 5.35. The summed E-state index contributed by atoms with van der Waals surface area (Å²) >= 11 is 0. The second kappa shape index (κ2) is 5.79. The number of nitrogens with zero attached hydrogens (tertiary/aromatic N) is 4. The van der Waals surface area contributed by atoms with Crippen molar-refractivity contribution in [3.63, 3.8) is 0 Å². The molecule has 4 aromatic rings. The minimum absolute atomic E-state index is 0.0455. The van der Waals surface area contributed by atoms with Crippen LogP contribution in [0.15, 0.2) is 56.6 Å². The van der Waals surface area contributed by atoms with Crippen LogP contribution in [0.5, 0.6) is 0 Å². The van der Waals surface area contributed by atoms with Crippen molar-refractivity contribution in [3.05, 3.63) is 58.8 Å². The lowest BCUT2D eigenvalue weighted by molar-refractivity contribution is 0.206. The molecule has 9 heteroatoms. The standard InChI is InChI=1S/C19H18N4O4S/c1-12-20-15-5-3-4-6-16(15)23(12)13-10-22(11-13)28(25,26)14-7-8-18-17(9-14)21(2)19(24)27-18/h3-9,13H,10-11H2,1-2H3. The monoisotopic (exact) mass is 398 g/mol. The highest BCUT2D eigenvalue weighted by Crippen LogP contribution is 2.32. The summed E-state index contributed by atoms with van der Waals surface area (Å²) < 4.78 is 36.0. The largest absolute Gasteiger partial charge is 0.419 e. The first-order chi connectivity index (χ1) is 13.4. The molecule has 5 rings (SSSR count). The summed E-state index contributed by atoms with van der Waals surface area (Å²) in [5.74, 6) is 0.356. The summed E-state index contributed by atoms with van der Waals surface area (Å²) in [6.45, 7) is 2.70. The summed E-state index contributed by atoms with van der Waals surface area (Å²) in [5, 5.41) is 0. The zero-order chi connectivity index (χ0) is 19.6. The molecule has 0 N–H and O–H groups in total. The number of hydrogen-bond donors (Lipinski definition) is 0. The van der Waals surface area contributed by atoms with E-state index in [0.29, 0.717) is 24.2 Å². The SMILES string of the molecule is Cc1nc2ccccc2n1C1CN(S(=O)(=O)c2ccc3oc(=O)n(C)c3c2)C1. The zero-order valence-corrected chi connectivity index (χ0v) is 16.2. The van der Waals surface area contributed by atoms with E-state index in [9.17, 15) is 13.2 Å². The average molecular weight is 398 g/mol. The smallest absolute Gasteiger partial charge is 0.408 e. The van der Waals surface area contributed by atoms with Crippen LogP contribution in [0.1, 0.15) is 11.9 Å². The zero-order valence-electron chi connectivity index (χ0n) is 15.4. The minimum atomic E-state index is -3.65. The minimum Gasteiger partial charge on any atom is -0.408 e. The predicted molar refractivity (Wildman–Crippen MR) is 104 cm³/mol. The Morgan fingerprint density at radius 2 is 1.86 bits per heavy atom. The molecule has 0 amide bonds. The number of aromatic nitrogens is 3. The Morgan fingerprint density at radius 3 is 2.64 bits per heavy atom. The van der Waals surface area contributed by atoms with Gasteiger partial charge in [0.25, 0.3) is 0 Å². The highest BCUT2D eigenvalue weighted by atomic mass is 32.2. The molecule has 0 radical (unpaired) electrons. The summed E-state index contributed by atoms with van der Waals surface area (Å²) in [4.78, 5) is 16.4. The average Bonchev–Trinajstić information content (AvgIpc) is 3.10. The molecule has 28 heavy (non-hydrogen) atoms. The topological polar surface area (TPSA) is 90.3 Å². The van der Waals surface area contributed by atoms with Crippen molar-refractivity contribution in [2.45, 2.75) is 17.9 Å². The van der Waals surface area contributed by atoms with Crippen molar-refractivity contribution in [2.24, 2.45) is 7.05 Å². The van der Waals surface area contributed by atoms with Gasteiger partial charge in [0.2, 0.25) is 10.0 Å². The molecule has 144 valence electrons. The van der Waals surface area contributed by atoms with Gasteiger partial charge in [0.05, 0.1) is 27.5 Å². The maximum atomic E-state index is 13.0. The van der Waals surface area contributed by atoms with Crippen LogP contribution in [0, 0.1) is 6.92 Å². The molecule has 0 saturated carbocycles. The Bertz CT molecular complexity index is 1390. The number of sulfonamides is 1. The number of hydrogen-bond acceptors (Lipinski definition) is 5. The molecule has 0 spiro atoms. The van der Waals surface area contributed by atoms with Gasteiger partial charge in [-0.1, -0.05) is 12.1 Å². The fraction of sp³-hybridized carbons (Fsp3) is 0.263. The molecule has 2 aromatic heterocycles. The molecular weight excluding hydrogens is 380 g/mol. The number of imidazole rings is 1. The van der Waals surface area contributed by atoms with Gasteiger partial charge in [0.15, 0.2) is 5.58 Å². The Labute approximate surface area is 160 Å². The molecule has 3 heterocycles. The number of benzene rings is 2. The van der Waals surface area contributed by atoms with E-state index < -0.39 is 15.8 Å². The lowest BCUT2D eigenvalue weighted by Gasteiger charge is -2.39. The van der Waals surface area contributed by atoms with Crippen molar-refractivity contribution in [1.82, 2.24) is 18.4 Å². The molecule has 1 saturated heterocycles. The first kappa shape index (κ1) is 17.2. The van der Waals surface area contributed by atoms with Crippen molar-refractivity contribution in [2.75, 3.05) is 13.1 Å². The van der Waals surface area contributed by atoms with Crippen LogP contribution in [0.3, 0.4) is 0 Å². The van der Waals surface area contributed by atoms with Crippen LogP contribution in [0.25, 0.3) is 22.1 Å². The Morgan fingerprint density at radius 1 is 1.11 bits per heavy atom. The summed E-state index contributed by atoms with van der Waals surface area (Å²) in [6.07, 6.45) is 0. The van der Waals surface area contributed by atoms with Crippen LogP contribution in [-0.2, 0) is 17.1 Å². The third kappa shape index (κ3) is 2.36. The number of para-hydroxylation sites is 2. The number of rotatable bonds is 3. The molecule has 1 aliphatic heterocycles. The Balaban J connectivity index is 1.46. The normalized spacial score (nSPS) is 16.1. The van der Waals surface area contributed by atoms with Crippen molar-refractivity contribution in [3.8, 4) is 0 Å². The van der Waals surface area contributed by atoms with Gasteiger partial charge >= 0.3 is 5.76 Å². The second-order valence-corrected chi connectivity index (χ2v) is 8.99. The molecule has 0 aliphatic carbocycles. The van der Waals surface area contributed by atoms with E-state index in [1.165, 1.54) is 27.1 Å². The van der Waals surface area contributed by atoms with Gasteiger partial charge in [-0.25, -0.2) is 18.2 Å². The summed E-state index contributed by atoms with van der Waals surface area (Å²) in [5.41, 5.74) is 2.75. The molecule has 0 unspecified atom stereocenters. The van der Waals surface area contributed by atoms with Gasteiger partial charge in [-0.2, -0.15) is 4.31 Å². The first-order valence-corrected chi connectivity index (χ1v) is 10.3. The lowest BCUT2D eigenvalue weighted by atomic mass is 10.1. The predicted octanol–water partition coefficient (Wildman–Crippen LogP) is 2.04. The highest BCUT2D eigenvalue weighted by Gasteiger charge is 2.39. The molecule has 0 bridgehead atoms. The number of aryl methyl sites for hydroxylation is 2. The van der Waals surface area contributed by atoms with Crippen LogP contribution < -0.4 is 5.76 Å². The molecular formula is C19H18N4O4S. The number of oxazole rings is 1. The number of fused-ring (bicyclic) bond motifs is 2. The van der Waals surface area contributed by atoms with Crippen LogP contribution in [0.2, 0.25) is 0 Å². The quantitative estimate of drug-likeness (QED) is 0.527. The summed E-state index contributed by atoms with van der Waals surface area (Å²) in [7, 11) is -2.10. The highest BCUT2D eigenvalue weighted by molar-refractivity contribution is 7.89. The maximum Gasteiger partial charge on any atom is 0.419 e. The Kier molecular flexibility index (Phi) is 3.56. The Hall–Kier alpha value is -2.91. The van der Waals surface area contributed by atoms with E-state index in [2.05, 4.69) is 9.55 Å². The third-order valence-corrected chi connectivity index (χ3v) is 7.19. The van der Waals surface area contributed by atoms with Crippen LogP contribution >= 0.6 is 0 Å². The maximum absolute atomic E-state index is 13.0. The van der Waals surface area contributed by atoms with E-state index in [0.717, 1.165) is 16.9 Å². The lowest BCUT2D eigenvalue weighted by Crippen LogP contribution is -2.50. The van der Waals surface area contributed by atoms with Crippen molar-refractivity contribution >= 4 is 32.2 Å². The third-order valence-electron chi connectivity index (χ3n) is 5.37. The molecule has 8 nitrogen and oxygen atoms in total. The van der Waals surface area contributed by atoms with Gasteiger partial charge < -0.3 is 8.98 Å². The fourth-order valence-electron chi connectivity index (χ4n) is 3.82. The van der Waals surface area contributed by atoms with E-state index in [-0.39, 0.29) is 10.9 Å². The van der Waals surface area contributed by atoms with Gasteiger partial charge in [-0.3, -0.25) is 4.57 Å². The van der Waals surface area contributed by atoms with Gasteiger partial charge in [-0.15, -0.1) is 0 Å². The summed E-state index contributed by atoms with van der Waals surface area (Å²) in [6, 6.07) is 12.4. The van der Waals surface area contributed by atoms with Crippen molar-refractivity contribution in [1.29, 1.82) is 0 Å². The van der Waals surface area contributed by atoms with Gasteiger partial charge in [0.1, 0.15) is 5.82 Å². The van der Waals surface area contributed by atoms with Crippen LogP contribution in [-0.4, -0.2) is 39.9 Å². The van der Waals surface area contributed by atoms with E-state index in [1.807, 2.05) is 31.2 Å². The van der Waals surface area contributed by atoms with Gasteiger partial charge in [-0.05, 0) is 37.3 Å². The van der Waals surface area contributed by atoms with Gasteiger partial charge in [0, 0.05) is 20.1 Å². The van der Waals surface area contributed by atoms with E-state index in [1.54, 1.807) is 7.05 Å².